The van der Waals surface area contributed by atoms with Crippen molar-refractivity contribution in [1.29, 1.82) is 0 Å². The zero-order chi connectivity index (χ0) is 14.3. The summed E-state index contributed by atoms with van der Waals surface area (Å²) in [6.45, 7) is 0.637. The average Bonchev–Trinajstić information content (AvgIpc) is 2.45. The lowest BCUT2D eigenvalue weighted by molar-refractivity contribution is -0.170. The number of hydrogen-bond donors (Lipinski definition) is 2. The fourth-order valence-corrected chi connectivity index (χ4v) is 2.96. The Morgan fingerprint density at radius 1 is 1.40 bits per heavy atom. The SMILES string of the molecule is COC(=O)[C@H]1[C@@H](c2ccc(N)cc2)CN[C@@H]2CC(=O)N21. The van der Waals surface area contributed by atoms with Crippen LogP contribution >= 0.6 is 0 Å². The van der Waals surface area contributed by atoms with Crippen molar-refractivity contribution in [3.05, 3.63) is 29.8 Å². The largest absolute Gasteiger partial charge is 0.467 e. The highest BCUT2D eigenvalue weighted by Gasteiger charge is 2.51. The first-order chi connectivity index (χ1) is 9.61. The van der Waals surface area contributed by atoms with E-state index in [2.05, 4.69) is 5.32 Å². The number of carbonyl (C=O) groups excluding carboxylic acids is 2. The monoisotopic (exact) mass is 275 g/mol. The molecule has 2 fully saturated rings. The van der Waals surface area contributed by atoms with Crippen molar-refractivity contribution < 1.29 is 14.3 Å². The number of nitrogens with two attached hydrogens (primary N) is 1. The van der Waals surface area contributed by atoms with E-state index in [4.69, 9.17) is 10.5 Å². The predicted molar refractivity (Wildman–Crippen MR) is 72.7 cm³/mol. The number of rotatable bonds is 2. The van der Waals surface area contributed by atoms with Crippen molar-refractivity contribution in [2.75, 3.05) is 19.4 Å². The van der Waals surface area contributed by atoms with Gasteiger partial charge in [-0.15, -0.1) is 0 Å². The van der Waals surface area contributed by atoms with Gasteiger partial charge in [-0.3, -0.25) is 10.1 Å². The molecule has 20 heavy (non-hydrogen) atoms. The fourth-order valence-electron chi connectivity index (χ4n) is 2.96. The van der Waals surface area contributed by atoms with E-state index in [9.17, 15) is 9.59 Å². The Labute approximate surface area is 116 Å². The van der Waals surface area contributed by atoms with Gasteiger partial charge in [0.1, 0.15) is 6.04 Å². The third-order valence-electron chi connectivity index (χ3n) is 4.05. The molecule has 0 bridgehead atoms. The second-order valence-electron chi connectivity index (χ2n) is 5.17. The average molecular weight is 275 g/mol. The Morgan fingerprint density at radius 3 is 2.70 bits per heavy atom. The highest BCUT2D eigenvalue weighted by Crippen LogP contribution is 2.34. The van der Waals surface area contributed by atoms with Crippen molar-refractivity contribution in [2.24, 2.45) is 0 Å². The minimum absolute atomic E-state index is 0.0157. The molecule has 2 aliphatic rings. The molecule has 0 aromatic heterocycles. The molecule has 1 aromatic rings. The summed E-state index contributed by atoms with van der Waals surface area (Å²) in [6.07, 6.45) is 0.402. The summed E-state index contributed by atoms with van der Waals surface area (Å²) >= 11 is 0. The lowest BCUT2D eigenvalue weighted by Crippen LogP contribution is -2.71. The van der Waals surface area contributed by atoms with Gasteiger partial charge >= 0.3 is 5.97 Å². The first-order valence-corrected chi connectivity index (χ1v) is 6.59. The predicted octanol–water partition coefficient (Wildman–Crippen LogP) is 0.0556. The molecule has 0 aliphatic carbocycles. The maximum Gasteiger partial charge on any atom is 0.329 e. The molecule has 2 heterocycles. The minimum Gasteiger partial charge on any atom is -0.467 e. The van der Waals surface area contributed by atoms with Gasteiger partial charge in [-0.2, -0.15) is 0 Å². The molecule has 6 nitrogen and oxygen atoms in total. The summed E-state index contributed by atoms with van der Waals surface area (Å²) in [5.74, 6) is -0.507. The Morgan fingerprint density at radius 2 is 2.10 bits per heavy atom. The van der Waals surface area contributed by atoms with Crippen LogP contribution in [0.4, 0.5) is 5.69 Å². The molecule has 0 unspecified atom stereocenters. The summed E-state index contributed by atoms with van der Waals surface area (Å²) in [5, 5.41) is 3.29. The number of nitrogens with zero attached hydrogens (tertiary/aromatic N) is 1. The lowest BCUT2D eigenvalue weighted by atomic mass is 9.84. The van der Waals surface area contributed by atoms with Crippen molar-refractivity contribution in [3.8, 4) is 0 Å². The molecule has 2 aliphatic heterocycles. The highest BCUT2D eigenvalue weighted by atomic mass is 16.5. The van der Waals surface area contributed by atoms with Crippen LogP contribution in [0.2, 0.25) is 0 Å². The number of esters is 1. The normalized spacial score (nSPS) is 28.6. The standard InChI is InChI=1S/C14H17N3O3/c1-20-14(19)13-10(8-2-4-9(15)5-3-8)7-16-11-6-12(18)17(11)13/h2-5,10-11,13,16H,6-7,15H2,1H3/t10-,11+,13-/m1/s1. The number of hydrogen-bond acceptors (Lipinski definition) is 5. The third kappa shape index (κ3) is 1.92. The van der Waals surface area contributed by atoms with E-state index in [0.717, 1.165) is 5.56 Å². The number of methoxy groups -OCH3 is 1. The Kier molecular flexibility index (Phi) is 3.10. The van der Waals surface area contributed by atoms with Crippen LogP contribution in [0.15, 0.2) is 24.3 Å². The van der Waals surface area contributed by atoms with E-state index in [-0.39, 0.29) is 24.0 Å². The first kappa shape index (κ1) is 12.9. The summed E-state index contributed by atoms with van der Waals surface area (Å²) < 4.78 is 4.88. The Hall–Kier alpha value is -2.08. The van der Waals surface area contributed by atoms with Gasteiger partial charge in [0.15, 0.2) is 0 Å². The zero-order valence-corrected chi connectivity index (χ0v) is 11.2. The molecule has 2 saturated heterocycles. The van der Waals surface area contributed by atoms with Crippen molar-refractivity contribution in [3.63, 3.8) is 0 Å². The Bertz CT molecular complexity index is 543. The van der Waals surface area contributed by atoms with E-state index in [1.165, 1.54) is 7.11 Å². The van der Waals surface area contributed by atoms with Gasteiger partial charge in [0, 0.05) is 18.2 Å². The summed E-state index contributed by atoms with van der Waals surface area (Å²) in [7, 11) is 1.35. The molecule has 3 N–H and O–H groups in total. The van der Waals surface area contributed by atoms with E-state index >= 15 is 0 Å². The van der Waals surface area contributed by atoms with E-state index in [1.54, 1.807) is 17.0 Å². The second-order valence-corrected chi connectivity index (χ2v) is 5.17. The number of nitrogens with one attached hydrogen (secondary N) is 1. The van der Waals surface area contributed by atoms with Crippen molar-refractivity contribution in [2.45, 2.75) is 24.5 Å². The van der Waals surface area contributed by atoms with Gasteiger partial charge in [-0.1, -0.05) is 12.1 Å². The number of fused-ring (bicyclic) bond motifs is 1. The van der Waals surface area contributed by atoms with Gasteiger partial charge in [-0.25, -0.2) is 4.79 Å². The van der Waals surface area contributed by atoms with Gasteiger partial charge in [-0.05, 0) is 17.7 Å². The minimum atomic E-state index is -0.559. The van der Waals surface area contributed by atoms with Crippen LogP contribution in [-0.4, -0.2) is 42.6 Å². The molecular weight excluding hydrogens is 258 g/mol. The number of ether oxygens (including phenoxy) is 1. The van der Waals surface area contributed by atoms with Gasteiger partial charge in [0.05, 0.1) is 19.7 Å². The van der Waals surface area contributed by atoms with Crippen LogP contribution in [0, 0.1) is 0 Å². The first-order valence-electron chi connectivity index (χ1n) is 6.59. The van der Waals surface area contributed by atoms with Crippen LogP contribution in [0.3, 0.4) is 0 Å². The highest BCUT2D eigenvalue weighted by molar-refractivity contribution is 5.90. The van der Waals surface area contributed by atoms with Crippen LogP contribution in [0.5, 0.6) is 0 Å². The molecule has 6 heteroatoms. The molecule has 106 valence electrons. The molecule has 3 rings (SSSR count). The second kappa shape index (κ2) is 4.79. The molecule has 1 amide bonds. The summed E-state index contributed by atoms with van der Waals surface area (Å²) in [4.78, 5) is 25.5. The molecule has 0 spiro atoms. The molecule has 1 aromatic carbocycles. The molecule has 3 atom stereocenters. The Balaban J connectivity index is 1.93. The van der Waals surface area contributed by atoms with Crippen LogP contribution in [-0.2, 0) is 14.3 Å². The summed E-state index contributed by atoms with van der Waals surface area (Å²) in [5.41, 5.74) is 7.33. The molecule has 0 radical (unpaired) electrons. The molecular formula is C14H17N3O3. The van der Waals surface area contributed by atoms with Crippen LogP contribution in [0.25, 0.3) is 0 Å². The van der Waals surface area contributed by atoms with Crippen LogP contribution < -0.4 is 11.1 Å². The third-order valence-corrected chi connectivity index (χ3v) is 4.05. The lowest BCUT2D eigenvalue weighted by Gasteiger charge is -2.51. The van der Waals surface area contributed by atoms with Gasteiger partial charge in [0.25, 0.3) is 0 Å². The number of nitrogen functional groups attached to an aromatic ring is 1. The summed E-state index contributed by atoms with van der Waals surface area (Å²) in [6, 6.07) is 6.82. The maximum atomic E-state index is 12.1. The van der Waals surface area contributed by atoms with Gasteiger partial charge < -0.3 is 15.4 Å². The van der Waals surface area contributed by atoms with E-state index < -0.39 is 6.04 Å². The number of benzene rings is 1. The molecule has 0 saturated carbocycles. The van der Waals surface area contributed by atoms with E-state index in [1.807, 2.05) is 12.1 Å². The van der Waals surface area contributed by atoms with Crippen molar-refractivity contribution >= 4 is 17.6 Å². The number of carbonyl (C=O) groups is 2. The number of anilines is 1. The number of β-lactam (4-membered cyclic amide) rings is 1. The van der Waals surface area contributed by atoms with E-state index in [0.29, 0.717) is 18.7 Å². The fraction of sp³-hybridized carbons (Fsp3) is 0.429. The number of amides is 1. The zero-order valence-electron chi connectivity index (χ0n) is 11.2. The topological polar surface area (TPSA) is 84.7 Å². The quantitative estimate of drug-likeness (QED) is 0.453. The maximum absolute atomic E-state index is 12.1. The smallest absolute Gasteiger partial charge is 0.329 e. The van der Waals surface area contributed by atoms with Gasteiger partial charge in [0.2, 0.25) is 5.91 Å². The van der Waals surface area contributed by atoms with Crippen molar-refractivity contribution in [1.82, 2.24) is 10.2 Å². The van der Waals surface area contributed by atoms with Crippen LogP contribution in [0.1, 0.15) is 17.9 Å².